The van der Waals surface area contributed by atoms with Crippen LogP contribution in [0.25, 0.3) is 0 Å². The monoisotopic (exact) mass is 326 g/mol. The summed E-state index contributed by atoms with van der Waals surface area (Å²) in [7, 11) is 0. The van der Waals surface area contributed by atoms with E-state index in [1.54, 1.807) is 0 Å². The molecule has 1 fully saturated rings. The SMILES string of the molecule is CCC1COC(C)CN1c1ccc(Br)cc1CCN. The molecule has 1 aromatic rings. The van der Waals surface area contributed by atoms with E-state index in [0.29, 0.717) is 12.6 Å². The maximum Gasteiger partial charge on any atom is 0.0723 e. The van der Waals surface area contributed by atoms with Crippen LogP contribution in [0, 0.1) is 0 Å². The fraction of sp³-hybridized carbons (Fsp3) is 0.600. The predicted octanol–water partition coefficient (Wildman–Crippen LogP) is 2.95. The smallest absolute Gasteiger partial charge is 0.0723 e. The highest BCUT2D eigenvalue weighted by Crippen LogP contribution is 2.29. The van der Waals surface area contributed by atoms with Crippen LogP contribution in [0.3, 0.4) is 0 Å². The summed E-state index contributed by atoms with van der Waals surface area (Å²) >= 11 is 3.55. The average molecular weight is 327 g/mol. The van der Waals surface area contributed by atoms with Gasteiger partial charge in [0, 0.05) is 16.7 Å². The summed E-state index contributed by atoms with van der Waals surface area (Å²) in [4.78, 5) is 2.49. The first-order valence-corrected chi connectivity index (χ1v) is 7.81. The number of ether oxygens (including phenoxy) is 1. The number of hydrogen-bond donors (Lipinski definition) is 1. The lowest BCUT2D eigenvalue weighted by Gasteiger charge is -2.41. The number of hydrogen-bond acceptors (Lipinski definition) is 3. The van der Waals surface area contributed by atoms with Crippen LogP contribution in [0.4, 0.5) is 5.69 Å². The molecule has 4 heteroatoms. The zero-order valence-electron chi connectivity index (χ0n) is 11.7. The van der Waals surface area contributed by atoms with Gasteiger partial charge in [-0.3, -0.25) is 0 Å². The van der Waals surface area contributed by atoms with Crippen LogP contribution in [0.2, 0.25) is 0 Å². The number of benzene rings is 1. The normalized spacial score (nSPS) is 23.7. The van der Waals surface area contributed by atoms with Gasteiger partial charge >= 0.3 is 0 Å². The minimum Gasteiger partial charge on any atom is -0.375 e. The summed E-state index contributed by atoms with van der Waals surface area (Å²) in [5.41, 5.74) is 8.38. The summed E-state index contributed by atoms with van der Waals surface area (Å²) in [6.45, 7) is 6.81. The fourth-order valence-electron chi connectivity index (χ4n) is 2.67. The van der Waals surface area contributed by atoms with E-state index in [2.05, 4.69) is 52.9 Å². The molecular weight excluding hydrogens is 304 g/mol. The Morgan fingerprint density at radius 3 is 2.95 bits per heavy atom. The number of morpholine rings is 1. The third-order valence-corrected chi connectivity index (χ3v) is 4.20. The lowest BCUT2D eigenvalue weighted by Crippen LogP contribution is -2.49. The zero-order chi connectivity index (χ0) is 13.8. The molecule has 0 radical (unpaired) electrons. The molecule has 19 heavy (non-hydrogen) atoms. The highest BCUT2D eigenvalue weighted by Gasteiger charge is 2.27. The molecule has 2 rings (SSSR count). The summed E-state index contributed by atoms with van der Waals surface area (Å²) in [6, 6.07) is 6.97. The van der Waals surface area contributed by atoms with Crippen molar-refractivity contribution in [1.29, 1.82) is 0 Å². The Hall–Kier alpha value is -0.580. The van der Waals surface area contributed by atoms with Gasteiger partial charge in [0.05, 0.1) is 18.8 Å². The van der Waals surface area contributed by atoms with Crippen LogP contribution in [0.5, 0.6) is 0 Å². The second-order valence-corrected chi connectivity index (χ2v) is 6.09. The topological polar surface area (TPSA) is 38.5 Å². The number of nitrogens with zero attached hydrogens (tertiary/aromatic N) is 1. The van der Waals surface area contributed by atoms with Gasteiger partial charge in [0.2, 0.25) is 0 Å². The number of nitrogens with two attached hydrogens (primary N) is 1. The fourth-order valence-corrected chi connectivity index (χ4v) is 3.08. The maximum absolute atomic E-state index is 5.78. The highest BCUT2D eigenvalue weighted by molar-refractivity contribution is 9.10. The van der Waals surface area contributed by atoms with Crippen molar-refractivity contribution in [2.24, 2.45) is 5.73 Å². The van der Waals surface area contributed by atoms with Crippen LogP contribution in [0.15, 0.2) is 22.7 Å². The molecular formula is C15H23BrN2O. The molecule has 1 saturated heterocycles. The van der Waals surface area contributed by atoms with Crippen LogP contribution < -0.4 is 10.6 Å². The lowest BCUT2D eigenvalue weighted by molar-refractivity contribution is 0.0299. The van der Waals surface area contributed by atoms with Crippen molar-refractivity contribution in [1.82, 2.24) is 0 Å². The average Bonchev–Trinajstić information content (AvgIpc) is 2.39. The van der Waals surface area contributed by atoms with Crippen molar-refractivity contribution in [2.45, 2.75) is 38.8 Å². The number of halogens is 1. The Labute approximate surface area is 124 Å². The van der Waals surface area contributed by atoms with Crippen molar-refractivity contribution in [3.05, 3.63) is 28.2 Å². The Balaban J connectivity index is 2.32. The Kier molecular flexibility index (Phi) is 5.25. The molecule has 2 unspecified atom stereocenters. The van der Waals surface area contributed by atoms with Crippen LogP contribution in [0.1, 0.15) is 25.8 Å². The van der Waals surface area contributed by atoms with Gasteiger partial charge in [-0.15, -0.1) is 0 Å². The van der Waals surface area contributed by atoms with Crippen LogP contribution in [-0.4, -0.2) is 31.8 Å². The van der Waals surface area contributed by atoms with Crippen LogP contribution in [-0.2, 0) is 11.2 Å². The van der Waals surface area contributed by atoms with E-state index < -0.39 is 0 Å². The van der Waals surface area contributed by atoms with Crippen molar-refractivity contribution in [3.63, 3.8) is 0 Å². The van der Waals surface area contributed by atoms with Gasteiger partial charge in [-0.1, -0.05) is 22.9 Å². The van der Waals surface area contributed by atoms with Gasteiger partial charge < -0.3 is 15.4 Å². The van der Waals surface area contributed by atoms with Gasteiger partial charge in [0.25, 0.3) is 0 Å². The summed E-state index contributed by atoms with van der Waals surface area (Å²) in [5.74, 6) is 0. The Bertz CT molecular complexity index is 425. The summed E-state index contributed by atoms with van der Waals surface area (Å²) < 4.78 is 6.90. The molecule has 0 bridgehead atoms. The van der Waals surface area contributed by atoms with E-state index in [0.717, 1.165) is 30.5 Å². The first-order valence-electron chi connectivity index (χ1n) is 7.02. The standard InChI is InChI=1S/C15H23BrN2O/c1-3-14-10-19-11(2)9-18(14)15-5-4-13(16)8-12(15)6-7-17/h4-5,8,11,14H,3,6-7,9-10,17H2,1-2H3. The molecule has 0 aliphatic carbocycles. The Morgan fingerprint density at radius 1 is 1.47 bits per heavy atom. The largest absolute Gasteiger partial charge is 0.375 e. The van der Waals surface area contributed by atoms with Gasteiger partial charge in [0.15, 0.2) is 0 Å². The lowest BCUT2D eigenvalue weighted by atomic mass is 10.0. The van der Waals surface area contributed by atoms with E-state index in [-0.39, 0.29) is 6.10 Å². The van der Waals surface area contributed by atoms with Crippen molar-refractivity contribution in [3.8, 4) is 0 Å². The third kappa shape index (κ3) is 3.50. The van der Waals surface area contributed by atoms with Crippen molar-refractivity contribution in [2.75, 3.05) is 24.6 Å². The molecule has 0 aromatic heterocycles. The highest BCUT2D eigenvalue weighted by atomic mass is 79.9. The molecule has 2 N–H and O–H groups in total. The molecule has 1 aromatic carbocycles. The Morgan fingerprint density at radius 2 is 2.26 bits per heavy atom. The first kappa shape index (κ1) is 14.8. The second kappa shape index (κ2) is 6.73. The minimum absolute atomic E-state index is 0.289. The predicted molar refractivity (Wildman–Crippen MR) is 83.7 cm³/mol. The van der Waals surface area contributed by atoms with E-state index in [1.165, 1.54) is 11.3 Å². The van der Waals surface area contributed by atoms with Crippen molar-refractivity contribution < 1.29 is 4.74 Å². The van der Waals surface area contributed by atoms with Crippen molar-refractivity contribution >= 4 is 21.6 Å². The molecule has 0 spiro atoms. The summed E-state index contributed by atoms with van der Waals surface area (Å²) in [6.07, 6.45) is 2.30. The molecule has 106 valence electrons. The molecule has 1 aliphatic heterocycles. The van der Waals surface area contributed by atoms with Gasteiger partial charge in [-0.05, 0) is 50.1 Å². The number of rotatable bonds is 4. The van der Waals surface area contributed by atoms with Crippen LogP contribution >= 0.6 is 15.9 Å². The second-order valence-electron chi connectivity index (χ2n) is 5.17. The first-order chi connectivity index (χ1) is 9.15. The van der Waals surface area contributed by atoms with Gasteiger partial charge in [0.1, 0.15) is 0 Å². The maximum atomic E-state index is 5.78. The third-order valence-electron chi connectivity index (χ3n) is 3.70. The molecule has 1 heterocycles. The quantitative estimate of drug-likeness (QED) is 0.924. The van der Waals surface area contributed by atoms with E-state index in [9.17, 15) is 0 Å². The summed E-state index contributed by atoms with van der Waals surface area (Å²) in [5, 5.41) is 0. The van der Waals surface area contributed by atoms with Gasteiger partial charge in [-0.25, -0.2) is 0 Å². The van der Waals surface area contributed by atoms with E-state index in [4.69, 9.17) is 10.5 Å². The molecule has 0 saturated carbocycles. The molecule has 0 amide bonds. The number of anilines is 1. The van der Waals surface area contributed by atoms with E-state index in [1.807, 2.05) is 0 Å². The minimum atomic E-state index is 0.289. The van der Waals surface area contributed by atoms with E-state index >= 15 is 0 Å². The molecule has 2 atom stereocenters. The molecule has 1 aliphatic rings. The zero-order valence-corrected chi connectivity index (χ0v) is 13.3. The van der Waals surface area contributed by atoms with Gasteiger partial charge in [-0.2, -0.15) is 0 Å². The molecule has 3 nitrogen and oxygen atoms in total.